The first kappa shape index (κ1) is 18.9. The molecule has 6 nitrogen and oxygen atoms in total. The van der Waals surface area contributed by atoms with Crippen LogP contribution in [0.15, 0.2) is 28.7 Å². The maximum absolute atomic E-state index is 12.5. The summed E-state index contributed by atoms with van der Waals surface area (Å²) in [5.41, 5.74) is 0.764. The van der Waals surface area contributed by atoms with Gasteiger partial charge in [0.05, 0.1) is 11.6 Å². The molecule has 1 aromatic carbocycles. The van der Waals surface area contributed by atoms with E-state index >= 15 is 0 Å². The Hall–Kier alpha value is -1.89. The normalized spacial score (nSPS) is 21.7. The molecule has 2 atom stereocenters. The molecule has 0 radical (unpaired) electrons. The quantitative estimate of drug-likeness (QED) is 0.765. The first-order valence-electron chi connectivity index (χ1n) is 9.11. The molecule has 1 aromatic rings. The molecule has 7 heteroatoms. The van der Waals surface area contributed by atoms with Crippen molar-refractivity contribution in [2.45, 2.75) is 51.1 Å². The van der Waals surface area contributed by atoms with Crippen molar-refractivity contribution in [1.29, 1.82) is 0 Å². The van der Waals surface area contributed by atoms with E-state index in [4.69, 9.17) is 0 Å². The molecular weight excluding hydrogens is 398 g/mol. The molecular formula is C19H24BrN3O3. The molecule has 2 aliphatic rings. The van der Waals surface area contributed by atoms with E-state index in [2.05, 4.69) is 26.6 Å². The molecule has 2 N–H and O–H groups in total. The lowest BCUT2D eigenvalue weighted by molar-refractivity contribution is -0.131. The van der Waals surface area contributed by atoms with Crippen molar-refractivity contribution in [2.24, 2.45) is 5.92 Å². The number of carbonyl (C=O) groups excluding carboxylic acids is 3. The van der Waals surface area contributed by atoms with Crippen LogP contribution in [0.3, 0.4) is 0 Å². The molecule has 1 aliphatic carbocycles. The van der Waals surface area contributed by atoms with Gasteiger partial charge in [-0.2, -0.15) is 0 Å². The molecule has 3 amide bonds. The molecule has 0 unspecified atom stereocenters. The highest BCUT2D eigenvalue weighted by Crippen LogP contribution is 2.31. The average Bonchev–Trinajstić information content (AvgIpc) is 3.25. The molecule has 0 bridgehead atoms. The van der Waals surface area contributed by atoms with Crippen molar-refractivity contribution in [1.82, 2.24) is 10.6 Å². The van der Waals surface area contributed by atoms with Gasteiger partial charge in [0.1, 0.15) is 6.04 Å². The van der Waals surface area contributed by atoms with Gasteiger partial charge in [0.15, 0.2) is 0 Å². The number of halogens is 1. The highest BCUT2D eigenvalue weighted by molar-refractivity contribution is 9.10. The van der Waals surface area contributed by atoms with Crippen molar-refractivity contribution >= 4 is 39.3 Å². The molecule has 1 heterocycles. The van der Waals surface area contributed by atoms with Crippen molar-refractivity contribution < 1.29 is 14.4 Å². The number of nitrogens with one attached hydrogen (secondary N) is 2. The monoisotopic (exact) mass is 421 g/mol. The third-order valence-electron chi connectivity index (χ3n) is 5.09. The molecule has 26 heavy (non-hydrogen) atoms. The summed E-state index contributed by atoms with van der Waals surface area (Å²) < 4.78 is 0.818. The number of rotatable bonds is 5. The van der Waals surface area contributed by atoms with Crippen LogP contribution in [0.4, 0.5) is 5.69 Å². The first-order valence-corrected chi connectivity index (χ1v) is 9.90. The van der Waals surface area contributed by atoms with E-state index in [1.165, 1.54) is 0 Å². The maximum atomic E-state index is 12.5. The standard InChI is InChI=1S/C19H24BrN3O3/c1-12(18(25)22-14-6-2-3-7-14)21-19(26)13-10-17(24)23(11-13)16-9-5-4-8-15(16)20/h4-5,8-9,12-14H,2-3,6-7,10-11H2,1H3,(H,21,26)(H,22,25)/t12-,13-/m1/s1. The summed E-state index contributed by atoms with van der Waals surface area (Å²) in [6.07, 6.45) is 4.44. The Morgan fingerprint density at radius 3 is 2.62 bits per heavy atom. The summed E-state index contributed by atoms with van der Waals surface area (Å²) in [6, 6.07) is 7.07. The molecule has 140 valence electrons. The van der Waals surface area contributed by atoms with E-state index in [-0.39, 0.29) is 30.2 Å². The van der Waals surface area contributed by atoms with Crippen LogP contribution in [-0.4, -0.2) is 36.3 Å². The van der Waals surface area contributed by atoms with E-state index < -0.39 is 12.0 Å². The second kappa shape index (κ2) is 8.20. The van der Waals surface area contributed by atoms with Gasteiger partial charge in [-0.1, -0.05) is 25.0 Å². The van der Waals surface area contributed by atoms with Gasteiger partial charge in [0, 0.05) is 23.5 Å². The largest absolute Gasteiger partial charge is 0.352 e. The molecule has 0 spiro atoms. The number of carbonyl (C=O) groups is 3. The zero-order chi connectivity index (χ0) is 18.7. The van der Waals surface area contributed by atoms with Gasteiger partial charge in [-0.25, -0.2) is 0 Å². The minimum Gasteiger partial charge on any atom is -0.352 e. The van der Waals surface area contributed by atoms with E-state index in [1.54, 1.807) is 11.8 Å². The summed E-state index contributed by atoms with van der Waals surface area (Å²) >= 11 is 3.44. The fourth-order valence-corrected chi connectivity index (χ4v) is 4.08. The number of nitrogens with zero attached hydrogens (tertiary/aromatic N) is 1. The highest BCUT2D eigenvalue weighted by atomic mass is 79.9. The van der Waals surface area contributed by atoms with E-state index in [0.717, 1.165) is 35.8 Å². The Bertz CT molecular complexity index is 703. The molecule has 2 fully saturated rings. The van der Waals surface area contributed by atoms with E-state index in [9.17, 15) is 14.4 Å². The maximum Gasteiger partial charge on any atom is 0.242 e. The first-order chi connectivity index (χ1) is 12.5. The van der Waals surface area contributed by atoms with Crippen LogP contribution in [0.25, 0.3) is 0 Å². The van der Waals surface area contributed by atoms with E-state index in [0.29, 0.717) is 6.54 Å². The summed E-state index contributed by atoms with van der Waals surface area (Å²) in [5, 5.41) is 5.75. The fourth-order valence-electron chi connectivity index (χ4n) is 3.58. The van der Waals surface area contributed by atoms with Crippen molar-refractivity contribution in [3.63, 3.8) is 0 Å². The Morgan fingerprint density at radius 2 is 1.92 bits per heavy atom. The lowest BCUT2D eigenvalue weighted by Crippen LogP contribution is -2.49. The van der Waals surface area contributed by atoms with Crippen LogP contribution in [0.5, 0.6) is 0 Å². The number of amides is 3. The lowest BCUT2D eigenvalue weighted by atomic mass is 10.1. The third-order valence-corrected chi connectivity index (χ3v) is 5.76. The molecule has 1 saturated heterocycles. The summed E-state index contributed by atoms with van der Waals surface area (Å²) in [5.74, 6) is -0.935. The predicted molar refractivity (Wildman–Crippen MR) is 103 cm³/mol. The minimum absolute atomic E-state index is 0.0832. The zero-order valence-corrected chi connectivity index (χ0v) is 16.4. The number of para-hydroxylation sites is 1. The number of anilines is 1. The topological polar surface area (TPSA) is 78.5 Å². The van der Waals surface area contributed by atoms with Gasteiger partial charge in [0.2, 0.25) is 17.7 Å². The van der Waals surface area contributed by atoms with Crippen LogP contribution in [-0.2, 0) is 14.4 Å². The Labute approximate surface area is 161 Å². The smallest absolute Gasteiger partial charge is 0.242 e. The van der Waals surface area contributed by atoms with E-state index in [1.807, 2.05) is 24.3 Å². The summed E-state index contributed by atoms with van der Waals surface area (Å²) in [4.78, 5) is 38.7. The second-order valence-electron chi connectivity index (χ2n) is 7.08. The number of benzene rings is 1. The third kappa shape index (κ3) is 4.26. The van der Waals surface area contributed by atoms with Crippen LogP contribution in [0.1, 0.15) is 39.0 Å². The predicted octanol–water partition coefficient (Wildman–Crippen LogP) is 2.37. The van der Waals surface area contributed by atoms with Crippen molar-refractivity contribution in [2.75, 3.05) is 11.4 Å². The van der Waals surface area contributed by atoms with Crippen LogP contribution >= 0.6 is 15.9 Å². The van der Waals surface area contributed by atoms with Gasteiger partial charge in [-0.3, -0.25) is 14.4 Å². The Morgan fingerprint density at radius 1 is 1.23 bits per heavy atom. The van der Waals surface area contributed by atoms with Crippen LogP contribution in [0, 0.1) is 5.92 Å². The molecule has 1 aliphatic heterocycles. The SMILES string of the molecule is C[C@@H](NC(=O)[C@@H]1CC(=O)N(c2ccccc2Br)C1)C(=O)NC1CCCC1. The van der Waals surface area contributed by atoms with Crippen molar-refractivity contribution in [3.8, 4) is 0 Å². The van der Waals surface area contributed by atoms with Gasteiger partial charge in [-0.15, -0.1) is 0 Å². The van der Waals surface area contributed by atoms with Crippen LogP contribution < -0.4 is 15.5 Å². The van der Waals surface area contributed by atoms with Crippen molar-refractivity contribution in [3.05, 3.63) is 28.7 Å². The average molecular weight is 422 g/mol. The fraction of sp³-hybridized carbons (Fsp3) is 0.526. The Balaban J connectivity index is 1.56. The van der Waals surface area contributed by atoms with Gasteiger partial charge in [-0.05, 0) is 47.8 Å². The van der Waals surface area contributed by atoms with Gasteiger partial charge in [0.25, 0.3) is 0 Å². The summed E-state index contributed by atoms with van der Waals surface area (Å²) in [6.45, 7) is 2.01. The molecule has 1 saturated carbocycles. The minimum atomic E-state index is -0.601. The zero-order valence-electron chi connectivity index (χ0n) is 14.8. The summed E-state index contributed by atoms with van der Waals surface area (Å²) in [7, 11) is 0. The molecule has 3 rings (SSSR count). The number of hydrogen-bond donors (Lipinski definition) is 2. The van der Waals surface area contributed by atoms with Crippen LogP contribution in [0.2, 0.25) is 0 Å². The number of hydrogen-bond acceptors (Lipinski definition) is 3. The second-order valence-corrected chi connectivity index (χ2v) is 7.93. The lowest BCUT2D eigenvalue weighted by Gasteiger charge is -2.20. The van der Waals surface area contributed by atoms with Gasteiger partial charge < -0.3 is 15.5 Å². The van der Waals surface area contributed by atoms with Gasteiger partial charge >= 0.3 is 0 Å². The highest BCUT2D eigenvalue weighted by Gasteiger charge is 2.36. The Kier molecular flexibility index (Phi) is 5.96. The molecule has 0 aromatic heterocycles.